The highest BCUT2D eigenvalue weighted by Crippen LogP contribution is 2.20. The fourth-order valence-electron chi connectivity index (χ4n) is 1.82. The largest absolute Gasteiger partial charge is 0.417 e. The van der Waals surface area contributed by atoms with E-state index >= 15 is 0 Å². The minimum Gasteiger partial charge on any atom is -0.417 e. The minimum atomic E-state index is 0.0689. The molecule has 0 bridgehead atoms. The Bertz CT molecular complexity index is 744. The lowest BCUT2D eigenvalue weighted by molar-refractivity contribution is 0.404. The van der Waals surface area contributed by atoms with Gasteiger partial charge in [-0.1, -0.05) is 24.3 Å². The Kier molecular flexibility index (Phi) is 3.56. The molecule has 1 heterocycles. The highest BCUT2D eigenvalue weighted by Gasteiger charge is 2.04. The molecule has 0 radical (unpaired) electrons. The molecule has 3 rings (SSSR count). The number of thiocarbonyl (C=S) groups is 1. The Hall–Kier alpha value is -2.46. The van der Waals surface area contributed by atoms with E-state index < -0.39 is 0 Å². The van der Waals surface area contributed by atoms with Crippen LogP contribution in [0.1, 0.15) is 0 Å². The SMILES string of the molecule is S=C(Oc1ccccc1)Oc1ccc2ncccc2c1. The predicted octanol–water partition coefficient (Wildman–Crippen LogP) is 3.98. The number of hydrogen-bond donors (Lipinski definition) is 0. The van der Waals surface area contributed by atoms with Gasteiger partial charge in [-0.05, 0) is 36.4 Å². The molecular weight excluding hydrogens is 270 g/mol. The van der Waals surface area contributed by atoms with E-state index in [9.17, 15) is 0 Å². The first-order valence-corrected chi connectivity index (χ1v) is 6.51. The molecule has 0 saturated heterocycles. The van der Waals surface area contributed by atoms with Gasteiger partial charge in [0.1, 0.15) is 11.5 Å². The predicted molar refractivity (Wildman–Crippen MR) is 82.0 cm³/mol. The monoisotopic (exact) mass is 281 g/mol. The molecule has 0 aliphatic carbocycles. The van der Waals surface area contributed by atoms with Crippen LogP contribution in [0.3, 0.4) is 0 Å². The third kappa shape index (κ3) is 2.92. The van der Waals surface area contributed by atoms with Gasteiger partial charge in [0.2, 0.25) is 0 Å². The number of fused-ring (bicyclic) bond motifs is 1. The van der Waals surface area contributed by atoms with E-state index in [1.54, 1.807) is 6.20 Å². The van der Waals surface area contributed by atoms with Crippen LogP contribution < -0.4 is 9.47 Å². The maximum atomic E-state index is 5.51. The van der Waals surface area contributed by atoms with Crippen molar-refractivity contribution in [1.82, 2.24) is 4.98 Å². The summed E-state index contributed by atoms with van der Waals surface area (Å²) < 4.78 is 10.9. The normalized spacial score (nSPS) is 10.2. The average Bonchev–Trinajstić information content (AvgIpc) is 2.48. The molecule has 3 nitrogen and oxygen atoms in total. The molecule has 0 aliphatic heterocycles. The second-order valence-corrected chi connectivity index (χ2v) is 4.46. The molecular formula is C16H11NO2S. The summed E-state index contributed by atoms with van der Waals surface area (Å²) in [6.07, 6.45) is 1.76. The number of aromatic nitrogens is 1. The van der Waals surface area contributed by atoms with E-state index in [1.165, 1.54) is 0 Å². The Balaban J connectivity index is 1.74. The summed E-state index contributed by atoms with van der Waals surface area (Å²) in [5, 5.41) is 1.06. The highest BCUT2D eigenvalue weighted by molar-refractivity contribution is 7.79. The fraction of sp³-hybridized carbons (Fsp3) is 0. The van der Waals surface area contributed by atoms with E-state index in [2.05, 4.69) is 4.98 Å². The van der Waals surface area contributed by atoms with Crippen molar-refractivity contribution in [1.29, 1.82) is 0 Å². The second kappa shape index (κ2) is 5.67. The maximum Gasteiger partial charge on any atom is 0.363 e. The molecule has 4 heteroatoms. The summed E-state index contributed by atoms with van der Waals surface area (Å²) in [4.78, 5) is 4.25. The van der Waals surface area contributed by atoms with Crippen molar-refractivity contribution in [2.24, 2.45) is 0 Å². The first kappa shape index (κ1) is 12.6. The minimum absolute atomic E-state index is 0.0689. The molecule has 98 valence electrons. The lowest BCUT2D eigenvalue weighted by Crippen LogP contribution is -2.13. The van der Waals surface area contributed by atoms with Crippen molar-refractivity contribution in [3.8, 4) is 11.5 Å². The van der Waals surface area contributed by atoms with Crippen molar-refractivity contribution in [2.45, 2.75) is 0 Å². The van der Waals surface area contributed by atoms with Crippen molar-refractivity contribution in [3.05, 3.63) is 66.9 Å². The highest BCUT2D eigenvalue weighted by atomic mass is 32.1. The van der Waals surface area contributed by atoms with Crippen LogP contribution >= 0.6 is 12.2 Å². The summed E-state index contributed by atoms with van der Waals surface area (Å²) in [6.45, 7) is 0. The number of ether oxygens (including phenoxy) is 2. The topological polar surface area (TPSA) is 31.4 Å². The van der Waals surface area contributed by atoms with E-state index in [1.807, 2.05) is 60.7 Å². The van der Waals surface area contributed by atoms with Crippen LogP contribution in [0.15, 0.2) is 66.9 Å². The van der Waals surface area contributed by atoms with Crippen LogP contribution in [0.2, 0.25) is 0 Å². The van der Waals surface area contributed by atoms with Crippen molar-refractivity contribution in [2.75, 3.05) is 0 Å². The first-order chi connectivity index (χ1) is 9.81. The molecule has 0 aliphatic rings. The van der Waals surface area contributed by atoms with Crippen molar-refractivity contribution < 1.29 is 9.47 Å². The number of pyridine rings is 1. The van der Waals surface area contributed by atoms with E-state index in [-0.39, 0.29) is 5.24 Å². The van der Waals surface area contributed by atoms with Crippen molar-refractivity contribution >= 4 is 28.4 Å². The van der Waals surface area contributed by atoms with Crippen LogP contribution in [-0.4, -0.2) is 10.2 Å². The second-order valence-electron chi connectivity index (χ2n) is 4.13. The van der Waals surface area contributed by atoms with E-state index in [0.717, 1.165) is 10.9 Å². The van der Waals surface area contributed by atoms with Crippen molar-refractivity contribution in [3.63, 3.8) is 0 Å². The molecule has 3 aromatic rings. The quantitative estimate of drug-likeness (QED) is 0.665. The van der Waals surface area contributed by atoms with Gasteiger partial charge >= 0.3 is 5.24 Å². The Labute approximate surface area is 121 Å². The summed E-state index contributed by atoms with van der Waals surface area (Å²) in [5.41, 5.74) is 0.912. The van der Waals surface area contributed by atoms with Gasteiger partial charge in [-0.3, -0.25) is 4.98 Å². The first-order valence-electron chi connectivity index (χ1n) is 6.11. The zero-order valence-corrected chi connectivity index (χ0v) is 11.3. The fourth-order valence-corrected chi connectivity index (χ4v) is 2.01. The Morgan fingerprint density at radius 2 is 1.65 bits per heavy atom. The number of nitrogens with zero attached hydrogens (tertiary/aromatic N) is 1. The molecule has 0 fully saturated rings. The van der Waals surface area contributed by atoms with E-state index in [0.29, 0.717) is 11.5 Å². The maximum absolute atomic E-state index is 5.51. The molecule has 2 aromatic carbocycles. The molecule has 0 amide bonds. The summed E-state index contributed by atoms with van der Waals surface area (Å²) in [7, 11) is 0. The Morgan fingerprint density at radius 3 is 2.50 bits per heavy atom. The van der Waals surface area contributed by atoms with Crippen LogP contribution in [0.5, 0.6) is 11.5 Å². The summed E-state index contributed by atoms with van der Waals surface area (Å²) >= 11 is 5.08. The van der Waals surface area contributed by atoms with Crippen LogP contribution in [0, 0.1) is 0 Å². The standard InChI is InChI=1S/C16H11NO2S/c20-16(18-13-6-2-1-3-7-13)19-14-8-9-15-12(11-14)5-4-10-17-15/h1-11H. The third-order valence-corrected chi connectivity index (χ3v) is 2.89. The zero-order chi connectivity index (χ0) is 13.8. The number of para-hydroxylation sites is 1. The average molecular weight is 281 g/mol. The van der Waals surface area contributed by atoms with Crippen LogP contribution in [-0.2, 0) is 0 Å². The smallest absolute Gasteiger partial charge is 0.363 e. The van der Waals surface area contributed by atoms with Crippen LogP contribution in [0.4, 0.5) is 0 Å². The zero-order valence-electron chi connectivity index (χ0n) is 10.5. The van der Waals surface area contributed by atoms with Gasteiger partial charge < -0.3 is 9.47 Å². The Morgan fingerprint density at radius 1 is 0.850 bits per heavy atom. The lowest BCUT2D eigenvalue weighted by Gasteiger charge is -2.08. The number of benzene rings is 2. The molecule has 0 spiro atoms. The van der Waals surface area contributed by atoms with Gasteiger partial charge in [0.25, 0.3) is 0 Å². The third-order valence-electron chi connectivity index (χ3n) is 2.72. The van der Waals surface area contributed by atoms with Gasteiger partial charge in [-0.15, -0.1) is 0 Å². The van der Waals surface area contributed by atoms with Crippen LogP contribution in [0.25, 0.3) is 10.9 Å². The molecule has 0 unspecified atom stereocenters. The molecule has 0 N–H and O–H groups in total. The molecule has 20 heavy (non-hydrogen) atoms. The van der Waals surface area contributed by atoms with Gasteiger partial charge in [-0.25, -0.2) is 0 Å². The summed E-state index contributed by atoms with van der Waals surface area (Å²) in [6, 6.07) is 18.7. The number of rotatable bonds is 2. The molecule has 0 atom stereocenters. The van der Waals surface area contributed by atoms with E-state index in [4.69, 9.17) is 21.7 Å². The van der Waals surface area contributed by atoms with Gasteiger partial charge in [0.15, 0.2) is 0 Å². The lowest BCUT2D eigenvalue weighted by atomic mass is 10.2. The van der Waals surface area contributed by atoms with Gasteiger partial charge in [0, 0.05) is 23.8 Å². The van der Waals surface area contributed by atoms with Gasteiger partial charge in [-0.2, -0.15) is 0 Å². The summed E-state index contributed by atoms with van der Waals surface area (Å²) in [5.74, 6) is 1.28. The van der Waals surface area contributed by atoms with Gasteiger partial charge in [0.05, 0.1) is 5.52 Å². The molecule has 0 saturated carbocycles. The molecule has 1 aromatic heterocycles. The number of hydrogen-bond acceptors (Lipinski definition) is 4.